The average molecular weight is 278 g/mol. The Bertz CT molecular complexity index is 679. The van der Waals surface area contributed by atoms with Gasteiger partial charge in [-0.15, -0.1) is 0 Å². The van der Waals surface area contributed by atoms with Crippen LogP contribution in [0.5, 0.6) is 0 Å². The third-order valence-electron chi connectivity index (χ3n) is 4.20. The van der Waals surface area contributed by atoms with E-state index in [1.54, 1.807) is 0 Å². The summed E-state index contributed by atoms with van der Waals surface area (Å²) >= 11 is 0. The highest BCUT2D eigenvalue weighted by atomic mass is 16.2. The van der Waals surface area contributed by atoms with E-state index >= 15 is 0 Å². The predicted molar refractivity (Wildman–Crippen MR) is 86.4 cm³/mol. The van der Waals surface area contributed by atoms with Crippen molar-refractivity contribution < 1.29 is 9.82 Å². The molecule has 21 heavy (non-hydrogen) atoms. The van der Waals surface area contributed by atoms with Crippen LogP contribution in [-0.4, -0.2) is 17.7 Å². The fourth-order valence-corrected chi connectivity index (χ4v) is 3.04. The summed E-state index contributed by atoms with van der Waals surface area (Å²) in [6.07, 6.45) is 3.28. The number of benzene rings is 2. The molecule has 0 aromatic heterocycles. The van der Waals surface area contributed by atoms with E-state index in [1.165, 1.54) is 5.56 Å². The van der Waals surface area contributed by atoms with Crippen molar-refractivity contribution in [2.75, 3.05) is 0 Å². The van der Waals surface area contributed by atoms with Gasteiger partial charge in [0.2, 0.25) is 0 Å². The van der Waals surface area contributed by atoms with Crippen LogP contribution in [-0.2, 0) is 12.8 Å². The normalized spacial score (nSPS) is 13.9. The lowest BCUT2D eigenvalue weighted by molar-refractivity contribution is 0.0993. The van der Waals surface area contributed by atoms with Crippen molar-refractivity contribution in [3.8, 4) is 0 Å². The summed E-state index contributed by atoms with van der Waals surface area (Å²) in [6.45, 7) is 1.62. The maximum atomic E-state index is 12.4. The maximum Gasteiger partial charge on any atom is 0.323 e. The number of carbonyl (C=O) groups is 1. The Hall–Kier alpha value is -1.87. The van der Waals surface area contributed by atoms with E-state index in [9.17, 15) is 9.82 Å². The molecule has 2 aromatic carbocycles. The molecular formula is C18H19BO2. The molecule has 0 unspecified atom stereocenters. The fourth-order valence-electron chi connectivity index (χ4n) is 3.04. The topological polar surface area (TPSA) is 37.3 Å². The summed E-state index contributed by atoms with van der Waals surface area (Å²) in [5, 5.41) is 10.1. The zero-order valence-corrected chi connectivity index (χ0v) is 12.3. The van der Waals surface area contributed by atoms with E-state index in [-0.39, 0.29) is 12.7 Å². The number of rotatable bonds is 3. The van der Waals surface area contributed by atoms with Gasteiger partial charge >= 0.3 is 6.92 Å². The van der Waals surface area contributed by atoms with Gasteiger partial charge in [0.1, 0.15) is 0 Å². The number of hydrogen-bond donors (Lipinski definition) is 1. The molecule has 2 nitrogen and oxygen atoms in total. The summed E-state index contributed by atoms with van der Waals surface area (Å²) in [4.78, 5) is 12.4. The number of fused-ring (bicyclic) bond motifs is 1. The average Bonchev–Trinajstić information content (AvgIpc) is 2.48. The van der Waals surface area contributed by atoms with Crippen molar-refractivity contribution in [1.29, 1.82) is 0 Å². The fraction of sp³-hybridized carbons (Fsp3) is 0.278. The van der Waals surface area contributed by atoms with Crippen LogP contribution in [0, 0.1) is 6.92 Å². The molecular weight excluding hydrogens is 259 g/mol. The summed E-state index contributed by atoms with van der Waals surface area (Å²) < 4.78 is 0. The van der Waals surface area contributed by atoms with Crippen LogP contribution >= 0.6 is 0 Å². The van der Waals surface area contributed by atoms with Crippen LogP contribution in [0.15, 0.2) is 42.5 Å². The van der Waals surface area contributed by atoms with Crippen molar-refractivity contribution in [2.45, 2.75) is 32.5 Å². The van der Waals surface area contributed by atoms with Gasteiger partial charge in [0.15, 0.2) is 5.78 Å². The van der Waals surface area contributed by atoms with Gasteiger partial charge in [0.25, 0.3) is 0 Å². The summed E-state index contributed by atoms with van der Waals surface area (Å²) in [6, 6.07) is 13.8. The minimum Gasteiger partial charge on any atom is -0.446 e. The van der Waals surface area contributed by atoms with E-state index in [0.717, 1.165) is 41.3 Å². The Kier molecular flexibility index (Phi) is 3.93. The number of hydrogen-bond acceptors (Lipinski definition) is 2. The first-order valence-electron chi connectivity index (χ1n) is 7.53. The van der Waals surface area contributed by atoms with E-state index < -0.39 is 0 Å². The minimum absolute atomic E-state index is 0.129. The molecule has 3 heteroatoms. The summed E-state index contributed by atoms with van der Waals surface area (Å²) in [5.41, 5.74) is 5.08. The molecule has 1 aliphatic rings. The largest absolute Gasteiger partial charge is 0.446 e. The van der Waals surface area contributed by atoms with Crippen LogP contribution in [0.1, 0.15) is 33.5 Å². The number of carbonyl (C=O) groups excluding carboxylic acids is 1. The molecule has 0 saturated heterocycles. The van der Waals surface area contributed by atoms with Crippen LogP contribution in [0.3, 0.4) is 0 Å². The number of Topliss-reactive ketones (excluding diaryl/α,β-unsaturated/α-hetero) is 1. The minimum atomic E-state index is -0.372. The lowest BCUT2D eigenvalue weighted by atomic mass is 9.53. The third-order valence-corrected chi connectivity index (χ3v) is 4.20. The van der Waals surface area contributed by atoms with Gasteiger partial charge in [-0.05, 0) is 36.8 Å². The highest BCUT2D eigenvalue weighted by Gasteiger charge is 2.22. The second-order valence-electron chi connectivity index (χ2n) is 5.91. The molecule has 0 fully saturated rings. The molecule has 0 amide bonds. The molecule has 0 spiro atoms. The zero-order chi connectivity index (χ0) is 14.8. The molecule has 3 rings (SSSR count). The standard InChI is InChI=1S/C18H19BO2/c1-13-4-2-5-16(10-13)18(20)12-14-7-8-15-6-3-9-19(21)17(15)11-14/h2,4-5,7-8,10-11,21H,3,6,9,12H2,1H3. The first-order valence-corrected chi connectivity index (χ1v) is 7.53. The predicted octanol–water partition coefficient (Wildman–Crippen LogP) is 2.56. The molecule has 0 saturated carbocycles. The van der Waals surface area contributed by atoms with Crippen LogP contribution in [0.2, 0.25) is 6.32 Å². The molecule has 2 aromatic rings. The SMILES string of the molecule is Cc1cccc(C(=O)Cc2ccc3c(c2)B(O)CCC3)c1. The Morgan fingerprint density at radius 2 is 2.10 bits per heavy atom. The quantitative estimate of drug-likeness (QED) is 0.692. The van der Waals surface area contributed by atoms with Crippen LogP contribution < -0.4 is 5.46 Å². The molecule has 0 radical (unpaired) electrons. The lowest BCUT2D eigenvalue weighted by Gasteiger charge is -2.19. The third kappa shape index (κ3) is 3.08. The van der Waals surface area contributed by atoms with Crippen molar-refractivity contribution in [3.05, 3.63) is 64.7 Å². The van der Waals surface area contributed by atoms with Gasteiger partial charge in [0, 0.05) is 12.0 Å². The molecule has 1 aliphatic heterocycles. The van der Waals surface area contributed by atoms with Gasteiger partial charge in [-0.3, -0.25) is 4.79 Å². The number of aryl methyl sites for hydroxylation is 2. The Morgan fingerprint density at radius 3 is 2.90 bits per heavy atom. The van der Waals surface area contributed by atoms with Gasteiger partial charge in [-0.25, -0.2) is 0 Å². The van der Waals surface area contributed by atoms with Crippen molar-refractivity contribution in [3.63, 3.8) is 0 Å². The first kappa shape index (κ1) is 14.1. The highest BCUT2D eigenvalue weighted by Crippen LogP contribution is 2.16. The molecule has 0 aliphatic carbocycles. The van der Waals surface area contributed by atoms with Crippen molar-refractivity contribution >= 4 is 18.2 Å². The second kappa shape index (κ2) is 5.86. The van der Waals surface area contributed by atoms with E-state index in [0.29, 0.717) is 6.42 Å². The lowest BCUT2D eigenvalue weighted by Crippen LogP contribution is -2.36. The Labute approximate surface area is 125 Å². The molecule has 1 heterocycles. The molecule has 1 N–H and O–H groups in total. The summed E-state index contributed by atoms with van der Waals surface area (Å²) in [7, 11) is 0. The van der Waals surface area contributed by atoms with Gasteiger partial charge < -0.3 is 5.02 Å². The summed E-state index contributed by atoms with van der Waals surface area (Å²) in [5.74, 6) is 0.129. The molecule has 0 atom stereocenters. The van der Waals surface area contributed by atoms with E-state index in [1.807, 2.05) is 43.3 Å². The second-order valence-corrected chi connectivity index (χ2v) is 5.91. The Morgan fingerprint density at radius 1 is 1.24 bits per heavy atom. The van der Waals surface area contributed by atoms with E-state index in [2.05, 4.69) is 6.07 Å². The highest BCUT2D eigenvalue weighted by molar-refractivity contribution is 6.67. The van der Waals surface area contributed by atoms with Gasteiger partial charge in [-0.2, -0.15) is 0 Å². The van der Waals surface area contributed by atoms with Crippen molar-refractivity contribution in [2.24, 2.45) is 0 Å². The Balaban J connectivity index is 1.82. The number of ketones is 1. The van der Waals surface area contributed by atoms with Crippen LogP contribution in [0.25, 0.3) is 0 Å². The van der Waals surface area contributed by atoms with Gasteiger partial charge in [-0.1, -0.05) is 53.9 Å². The molecule has 0 bridgehead atoms. The van der Waals surface area contributed by atoms with Crippen LogP contribution in [0.4, 0.5) is 0 Å². The smallest absolute Gasteiger partial charge is 0.323 e. The first-order chi connectivity index (χ1) is 10.1. The van der Waals surface area contributed by atoms with Gasteiger partial charge in [0.05, 0.1) is 0 Å². The zero-order valence-electron chi connectivity index (χ0n) is 12.3. The monoisotopic (exact) mass is 278 g/mol. The van der Waals surface area contributed by atoms with E-state index in [4.69, 9.17) is 0 Å². The van der Waals surface area contributed by atoms with Crippen molar-refractivity contribution in [1.82, 2.24) is 0 Å². The maximum absolute atomic E-state index is 12.4. The molecule has 106 valence electrons.